The van der Waals surface area contributed by atoms with Crippen molar-refractivity contribution in [3.63, 3.8) is 0 Å². The lowest BCUT2D eigenvalue weighted by Gasteiger charge is -2.44. The fourth-order valence-electron chi connectivity index (χ4n) is 4.93. The Kier molecular flexibility index (Phi) is 8.92. The number of nitrogens with zero attached hydrogens (tertiary/aromatic N) is 1. The normalized spacial score (nSPS) is 17.2. The second-order valence-corrected chi connectivity index (χ2v) is 11.0. The van der Waals surface area contributed by atoms with Crippen molar-refractivity contribution in [2.45, 2.75) is 70.1 Å². The minimum Gasteiger partial charge on any atom is -0.390 e. The Bertz CT molecular complexity index is 1090. The quantitative estimate of drug-likeness (QED) is 0.432. The lowest BCUT2D eigenvalue weighted by atomic mass is 9.77. The Morgan fingerprint density at radius 3 is 2.27 bits per heavy atom. The number of nitrogens with two attached hydrogens (primary N) is 1. The van der Waals surface area contributed by atoms with Crippen LogP contribution in [-0.4, -0.2) is 53.7 Å². The Hall–Kier alpha value is -3.04. The number of primary amides is 1. The van der Waals surface area contributed by atoms with Crippen molar-refractivity contribution in [2.24, 2.45) is 5.73 Å². The summed E-state index contributed by atoms with van der Waals surface area (Å²) in [6.45, 7) is 8.76. The van der Waals surface area contributed by atoms with Crippen LogP contribution in [0, 0.1) is 11.6 Å². The molecular formula is C28H38F2N4O3. The summed E-state index contributed by atoms with van der Waals surface area (Å²) < 4.78 is 27.5. The fourth-order valence-corrected chi connectivity index (χ4v) is 4.93. The van der Waals surface area contributed by atoms with Gasteiger partial charge in [0.1, 0.15) is 11.6 Å². The van der Waals surface area contributed by atoms with Gasteiger partial charge in [-0.05, 0) is 53.5 Å². The zero-order valence-corrected chi connectivity index (χ0v) is 22.0. The molecule has 3 rings (SSSR count). The number of amides is 3. The van der Waals surface area contributed by atoms with E-state index in [1.54, 1.807) is 4.90 Å². The van der Waals surface area contributed by atoms with Crippen LogP contribution in [0.4, 0.5) is 13.6 Å². The highest BCUT2D eigenvalue weighted by atomic mass is 19.1. The van der Waals surface area contributed by atoms with Crippen molar-refractivity contribution >= 4 is 11.9 Å². The Morgan fingerprint density at radius 1 is 1.11 bits per heavy atom. The summed E-state index contributed by atoms with van der Waals surface area (Å²) in [4.78, 5) is 25.2. The van der Waals surface area contributed by atoms with Gasteiger partial charge in [-0.15, -0.1) is 0 Å². The molecule has 1 fully saturated rings. The van der Waals surface area contributed by atoms with Gasteiger partial charge in [0.15, 0.2) is 0 Å². The lowest BCUT2D eigenvalue weighted by molar-refractivity contribution is -0.120. The molecule has 1 aliphatic heterocycles. The van der Waals surface area contributed by atoms with Crippen LogP contribution < -0.4 is 16.4 Å². The molecule has 0 aromatic heterocycles. The van der Waals surface area contributed by atoms with E-state index in [0.29, 0.717) is 31.5 Å². The summed E-state index contributed by atoms with van der Waals surface area (Å²) in [5, 5.41) is 17.4. The third kappa shape index (κ3) is 7.49. The van der Waals surface area contributed by atoms with Crippen molar-refractivity contribution in [1.82, 2.24) is 15.5 Å². The molecule has 202 valence electrons. The van der Waals surface area contributed by atoms with Crippen LogP contribution in [0.15, 0.2) is 42.5 Å². The number of benzene rings is 2. The van der Waals surface area contributed by atoms with E-state index >= 15 is 0 Å². The van der Waals surface area contributed by atoms with Crippen molar-refractivity contribution < 1.29 is 23.5 Å². The van der Waals surface area contributed by atoms with E-state index in [-0.39, 0.29) is 24.3 Å². The van der Waals surface area contributed by atoms with E-state index in [4.69, 9.17) is 5.73 Å². The molecule has 2 aromatic rings. The molecule has 1 aliphatic rings. The zero-order valence-electron chi connectivity index (χ0n) is 22.0. The van der Waals surface area contributed by atoms with Crippen LogP contribution in [0.5, 0.6) is 0 Å². The molecule has 1 heterocycles. The first-order valence-corrected chi connectivity index (χ1v) is 12.6. The van der Waals surface area contributed by atoms with E-state index < -0.39 is 35.4 Å². The van der Waals surface area contributed by atoms with Crippen LogP contribution in [0.3, 0.4) is 0 Å². The van der Waals surface area contributed by atoms with Crippen LogP contribution in [0.25, 0.3) is 0 Å². The molecule has 37 heavy (non-hydrogen) atoms. The number of aliphatic hydroxyl groups is 1. The number of carbonyl (C=O) groups is 2. The molecular weight excluding hydrogens is 478 g/mol. The predicted octanol–water partition coefficient (Wildman–Crippen LogP) is 3.33. The smallest absolute Gasteiger partial charge is 0.314 e. The number of nitrogens with one attached hydrogen (secondary N) is 2. The van der Waals surface area contributed by atoms with E-state index in [1.165, 1.54) is 19.1 Å². The first-order valence-electron chi connectivity index (χ1n) is 12.6. The predicted molar refractivity (Wildman–Crippen MR) is 139 cm³/mol. The minimum absolute atomic E-state index is 0.0546. The number of likely N-dealkylation sites (tertiary alicyclic amines) is 1. The van der Waals surface area contributed by atoms with Crippen LogP contribution in [0.1, 0.15) is 57.2 Å². The molecule has 0 saturated carbocycles. The van der Waals surface area contributed by atoms with Gasteiger partial charge in [-0.1, -0.05) is 45.0 Å². The van der Waals surface area contributed by atoms with Gasteiger partial charge in [-0.3, -0.25) is 4.79 Å². The summed E-state index contributed by atoms with van der Waals surface area (Å²) in [7, 11) is 0. The number of piperidine rings is 1. The molecule has 0 unspecified atom stereocenters. The van der Waals surface area contributed by atoms with Crippen molar-refractivity contribution in [3.8, 4) is 0 Å². The fraction of sp³-hybridized carbons (Fsp3) is 0.500. The number of rotatable bonds is 8. The number of aliphatic hydroxyl groups excluding tert-OH is 1. The SMILES string of the molecule is CC(=O)N[C@@H](Cc1cc(F)cc(F)c1)[C@H](O)CNC1(c2cccc(C(C)(C)C)c2)CCN(C(N)=O)CC1. The van der Waals surface area contributed by atoms with Crippen LogP contribution in [0.2, 0.25) is 0 Å². The monoisotopic (exact) mass is 516 g/mol. The van der Waals surface area contributed by atoms with Gasteiger partial charge in [0, 0.05) is 38.2 Å². The molecule has 0 bridgehead atoms. The Morgan fingerprint density at radius 2 is 1.73 bits per heavy atom. The molecule has 1 saturated heterocycles. The van der Waals surface area contributed by atoms with E-state index in [1.807, 2.05) is 12.1 Å². The Balaban J connectivity index is 1.85. The maximum Gasteiger partial charge on any atom is 0.314 e. The lowest BCUT2D eigenvalue weighted by Crippen LogP contribution is -2.57. The second-order valence-electron chi connectivity index (χ2n) is 11.0. The minimum atomic E-state index is -1.05. The van der Waals surface area contributed by atoms with Gasteiger partial charge in [-0.25, -0.2) is 13.6 Å². The molecule has 0 spiro atoms. The average Bonchev–Trinajstić information content (AvgIpc) is 2.81. The third-order valence-corrected chi connectivity index (χ3v) is 7.09. The number of urea groups is 1. The third-order valence-electron chi connectivity index (χ3n) is 7.09. The Labute approximate surface area is 217 Å². The first-order chi connectivity index (χ1) is 17.3. The van der Waals surface area contributed by atoms with Gasteiger partial charge in [-0.2, -0.15) is 0 Å². The van der Waals surface area contributed by atoms with Gasteiger partial charge in [0.05, 0.1) is 12.1 Å². The van der Waals surface area contributed by atoms with Gasteiger partial charge in [0.2, 0.25) is 5.91 Å². The summed E-state index contributed by atoms with van der Waals surface area (Å²) in [5.74, 6) is -1.80. The molecule has 7 nitrogen and oxygen atoms in total. The highest BCUT2D eigenvalue weighted by molar-refractivity contribution is 5.73. The van der Waals surface area contributed by atoms with Crippen molar-refractivity contribution in [3.05, 3.63) is 70.8 Å². The number of hydrogen-bond donors (Lipinski definition) is 4. The molecule has 5 N–H and O–H groups in total. The number of hydrogen-bond acceptors (Lipinski definition) is 4. The van der Waals surface area contributed by atoms with E-state index in [0.717, 1.165) is 17.2 Å². The second kappa shape index (κ2) is 11.6. The molecule has 2 aromatic carbocycles. The molecule has 9 heteroatoms. The first kappa shape index (κ1) is 28.5. The zero-order chi connectivity index (χ0) is 27.4. The van der Waals surface area contributed by atoms with Gasteiger partial charge in [0.25, 0.3) is 0 Å². The van der Waals surface area contributed by atoms with Gasteiger partial charge < -0.3 is 26.4 Å². The largest absolute Gasteiger partial charge is 0.390 e. The van der Waals surface area contributed by atoms with Gasteiger partial charge >= 0.3 is 6.03 Å². The van der Waals surface area contributed by atoms with E-state index in [2.05, 4.69) is 43.5 Å². The maximum absolute atomic E-state index is 13.7. The maximum atomic E-state index is 13.7. The molecule has 3 amide bonds. The highest BCUT2D eigenvalue weighted by Gasteiger charge is 2.38. The van der Waals surface area contributed by atoms with Crippen molar-refractivity contribution in [2.75, 3.05) is 19.6 Å². The standard InChI is InChI=1S/C28H38F2N4O3/c1-18(35)33-24(14-19-12-22(29)16-23(30)13-19)25(36)17-32-28(8-10-34(11-9-28)26(31)37)21-7-5-6-20(15-21)27(2,3)4/h5-7,12-13,15-16,24-25,32,36H,8-11,14,17H2,1-4H3,(H2,31,37)(H,33,35)/t24-,25+/m0/s1. The molecule has 0 aliphatic carbocycles. The summed E-state index contributed by atoms with van der Waals surface area (Å²) in [5.41, 5.74) is 7.43. The molecule has 0 radical (unpaired) electrons. The summed E-state index contributed by atoms with van der Waals surface area (Å²) in [6, 6.07) is 10.2. The van der Waals surface area contributed by atoms with Crippen molar-refractivity contribution in [1.29, 1.82) is 0 Å². The van der Waals surface area contributed by atoms with Crippen LogP contribution >= 0.6 is 0 Å². The molecule has 2 atom stereocenters. The average molecular weight is 517 g/mol. The number of halogens is 2. The van der Waals surface area contributed by atoms with Crippen LogP contribution in [-0.2, 0) is 22.2 Å². The summed E-state index contributed by atoms with van der Waals surface area (Å²) >= 11 is 0. The van der Waals surface area contributed by atoms with E-state index in [9.17, 15) is 23.5 Å². The topological polar surface area (TPSA) is 108 Å². The highest BCUT2D eigenvalue weighted by Crippen LogP contribution is 2.35. The summed E-state index contributed by atoms with van der Waals surface area (Å²) in [6.07, 6.45) is 0.165. The number of carbonyl (C=O) groups excluding carboxylic acids is 2.